The number of rotatable bonds is 6. The predicted octanol–water partition coefficient (Wildman–Crippen LogP) is 4.26. The Labute approximate surface area is 131 Å². The van der Waals surface area contributed by atoms with Crippen LogP contribution in [0.25, 0.3) is 0 Å². The largest absolute Gasteiger partial charge is 0.456 e. The molecular weight excluding hydrogens is 336 g/mol. The standard InChI is InChI=1S/C15H15BrN2O3/c1-2-17-10-11-4-3-5-13(8-11)21-15-9-12(18(19)20)6-7-14(15)16/h3-9,17H,2,10H2,1H3. The van der Waals surface area contributed by atoms with Gasteiger partial charge in [-0.25, -0.2) is 0 Å². The van der Waals surface area contributed by atoms with Crippen LogP contribution in [0, 0.1) is 10.1 Å². The summed E-state index contributed by atoms with van der Waals surface area (Å²) in [5, 5.41) is 14.1. The van der Waals surface area contributed by atoms with Crippen molar-refractivity contribution in [3.05, 3.63) is 62.6 Å². The van der Waals surface area contributed by atoms with Crippen LogP contribution in [0.5, 0.6) is 11.5 Å². The molecule has 0 heterocycles. The first-order chi connectivity index (χ1) is 10.1. The Morgan fingerprint density at radius 3 is 2.81 bits per heavy atom. The molecule has 5 nitrogen and oxygen atoms in total. The Kier molecular flexibility index (Phi) is 5.30. The monoisotopic (exact) mass is 350 g/mol. The molecule has 0 atom stereocenters. The molecule has 2 rings (SSSR count). The number of nitro benzene ring substituents is 1. The summed E-state index contributed by atoms with van der Waals surface area (Å²) in [6.45, 7) is 3.69. The summed E-state index contributed by atoms with van der Waals surface area (Å²) in [7, 11) is 0. The van der Waals surface area contributed by atoms with Gasteiger partial charge in [0.2, 0.25) is 0 Å². The Morgan fingerprint density at radius 2 is 2.10 bits per heavy atom. The highest BCUT2D eigenvalue weighted by molar-refractivity contribution is 9.10. The van der Waals surface area contributed by atoms with E-state index in [0.29, 0.717) is 16.0 Å². The van der Waals surface area contributed by atoms with E-state index in [4.69, 9.17) is 4.74 Å². The SMILES string of the molecule is CCNCc1cccc(Oc2cc([N+](=O)[O-])ccc2Br)c1. The topological polar surface area (TPSA) is 64.4 Å². The lowest BCUT2D eigenvalue weighted by atomic mass is 10.2. The first-order valence-corrected chi connectivity index (χ1v) is 7.31. The quantitative estimate of drug-likeness (QED) is 0.624. The maximum absolute atomic E-state index is 10.8. The van der Waals surface area contributed by atoms with E-state index < -0.39 is 4.92 Å². The molecule has 0 fully saturated rings. The molecule has 21 heavy (non-hydrogen) atoms. The predicted molar refractivity (Wildman–Crippen MR) is 84.7 cm³/mol. The lowest BCUT2D eigenvalue weighted by Crippen LogP contribution is -2.11. The number of halogens is 1. The third-order valence-electron chi connectivity index (χ3n) is 2.83. The van der Waals surface area contributed by atoms with Crippen molar-refractivity contribution < 1.29 is 9.66 Å². The molecule has 2 aromatic carbocycles. The fraction of sp³-hybridized carbons (Fsp3) is 0.200. The summed E-state index contributed by atoms with van der Waals surface area (Å²) in [5.74, 6) is 1.07. The van der Waals surface area contributed by atoms with Gasteiger partial charge >= 0.3 is 0 Å². The van der Waals surface area contributed by atoms with Crippen molar-refractivity contribution in [2.24, 2.45) is 0 Å². The van der Waals surface area contributed by atoms with Crippen LogP contribution in [0.4, 0.5) is 5.69 Å². The average Bonchev–Trinajstić information content (AvgIpc) is 2.47. The zero-order chi connectivity index (χ0) is 15.2. The molecule has 0 radical (unpaired) electrons. The van der Waals surface area contributed by atoms with Crippen molar-refractivity contribution in [2.45, 2.75) is 13.5 Å². The van der Waals surface area contributed by atoms with Crippen LogP contribution in [0.3, 0.4) is 0 Å². The zero-order valence-electron chi connectivity index (χ0n) is 11.5. The molecule has 0 amide bonds. The van der Waals surface area contributed by atoms with Gasteiger partial charge in [0.15, 0.2) is 0 Å². The van der Waals surface area contributed by atoms with Crippen molar-refractivity contribution >= 4 is 21.6 Å². The molecule has 0 aliphatic heterocycles. The van der Waals surface area contributed by atoms with Crippen LogP contribution < -0.4 is 10.1 Å². The molecule has 0 aliphatic rings. The first-order valence-electron chi connectivity index (χ1n) is 6.51. The average molecular weight is 351 g/mol. The Hall–Kier alpha value is -1.92. The molecule has 0 unspecified atom stereocenters. The molecule has 0 spiro atoms. The van der Waals surface area contributed by atoms with Gasteiger partial charge in [-0.15, -0.1) is 0 Å². The minimum absolute atomic E-state index is 0.00277. The molecule has 6 heteroatoms. The molecular formula is C15H15BrN2O3. The van der Waals surface area contributed by atoms with Gasteiger partial charge < -0.3 is 10.1 Å². The number of hydrogen-bond donors (Lipinski definition) is 1. The maximum Gasteiger partial charge on any atom is 0.273 e. The Balaban J connectivity index is 2.21. The van der Waals surface area contributed by atoms with Crippen LogP contribution in [0.2, 0.25) is 0 Å². The lowest BCUT2D eigenvalue weighted by molar-refractivity contribution is -0.384. The normalized spacial score (nSPS) is 10.4. The van der Waals surface area contributed by atoms with Crippen molar-refractivity contribution in [1.82, 2.24) is 5.32 Å². The molecule has 110 valence electrons. The summed E-state index contributed by atoms with van der Waals surface area (Å²) < 4.78 is 6.41. The summed E-state index contributed by atoms with van der Waals surface area (Å²) in [6.07, 6.45) is 0. The van der Waals surface area contributed by atoms with Crippen LogP contribution in [0.1, 0.15) is 12.5 Å². The highest BCUT2D eigenvalue weighted by Gasteiger charge is 2.11. The van der Waals surface area contributed by atoms with Gasteiger partial charge in [0.25, 0.3) is 5.69 Å². The molecule has 2 aromatic rings. The van der Waals surface area contributed by atoms with Gasteiger partial charge in [0, 0.05) is 12.6 Å². The van der Waals surface area contributed by atoms with Gasteiger partial charge in [-0.3, -0.25) is 10.1 Å². The van der Waals surface area contributed by atoms with E-state index >= 15 is 0 Å². The number of ether oxygens (including phenoxy) is 1. The number of hydrogen-bond acceptors (Lipinski definition) is 4. The summed E-state index contributed by atoms with van der Waals surface area (Å²) in [4.78, 5) is 10.4. The van der Waals surface area contributed by atoms with E-state index in [1.807, 2.05) is 31.2 Å². The van der Waals surface area contributed by atoms with E-state index in [9.17, 15) is 10.1 Å². The van der Waals surface area contributed by atoms with Crippen molar-refractivity contribution in [3.8, 4) is 11.5 Å². The number of nitro groups is 1. The van der Waals surface area contributed by atoms with Crippen molar-refractivity contribution in [1.29, 1.82) is 0 Å². The van der Waals surface area contributed by atoms with E-state index in [-0.39, 0.29) is 5.69 Å². The summed E-state index contributed by atoms with van der Waals surface area (Å²) >= 11 is 3.34. The van der Waals surface area contributed by atoms with E-state index in [0.717, 1.165) is 18.7 Å². The van der Waals surface area contributed by atoms with Crippen LogP contribution in [0.15, 0.2) is 46.9 Å². The van der Waals surface area contributed by atoms with E-state index in [1.54, 1.807) is 6.07 Å². The number of non-ortho nitro benzene ring substituents is 1. The third-order valence-corrected chi connectivity index (χ3v) is 3.49. The van der Waals surface area contributed by atoms with Gasteiger partial charge in [0.05, 0.1) is 15.5 Å². The minimum Gasteiger partial charge on any atom is -0.456 e. The maximum atomic E-state index is 10.8. The van der Waals surface area contributed by atoms with Crippen LogP contribution >= 0.6 is 15.9 Å². The van der Waals surface area contributed by atoms with E-state index in [1.165, 1.54) is 12.1 Å². The molecule has 0 aromatic heterocycles. The lowest BCUT2D eigenvalue weighted by Gasteiger charge is -2.09. The smallest absolute Gasteiger partial charge is 0.273 e. The molecule has 0 aliphatic carbocycles. The number of nitrogens with one attached hydrogen (secondary N) is 1. The fourth-order valence-electron chi connectivity index (χ4n) is 1.80. The second-order valence-corrected chi connectivity index (χ2v) is 5.26. The highest BCUT2D eigenvalue weighted by atomic mass is 79.9. The summed E-state index contributed by atoms with van der Waals surface area (Å²) in [6, 6.07) is 12.1. The number of nitrogens with zero attached hydrogens (tertiary/aromatic N) is 1. The molecule has 1 N–H and O–H groups in total. The van der Waals surface area contributed by atoms with Crippen LogP contribution in [-0.2, 0) is 6.54 Å². The third kappa shape index (κ3) is 4.27. The number of benzene rings is 2. The zero-order valence-corrected chi connectivity index (χ0v) is 13.1. The second kappa shape index (κ2) is 7.19. The second-order valence-electron chi connectivity index (χ2n) is 4.40. The van der Waals surface area contributed by atoms with Gasteiger partial charge in [-0.05, 0) is 46.2 Å². The Morgan fingerprint density at radius 1 is 1.29 bits per heavy atom. The van der Waals surface area contributed by atoms with Crippen molar-refractivity contribution in [2.75, 3.05) is 6.54 Å². The Bertz CT molecular complexity index is 647. The molecule has 0 saturated carbocycles. The van der Waals surface area contributed by atoms with Gasteiger partial charge in [-0.2, -0.15) is 0 Å². The highest BCUT2D eigenvalue weighted by Crippen LogP contribution is 2.33. The minimum atomic E-state index is -0.444. The summed E-state index contributed by atoms with van der Waals surface area (Å²) in [5.41, 5.74) is 1.09. The van der Waals surface area contributed by atoms with Gasteiger partial charge in [-0.1, -0.05) is 19.1 Å². The first kappa shape index (κ1) is 15.5. The van der Waals surface area contributed by atoms with Crippen molar-refractivity contribution in [3.63, 3.8) is 0 Å². The van der Waals surface area contributed by atoms with Gasteiger partial charge in [0.1, 0.15) is 11.5 Å². The molecule has 0 bridgehead atoms. The molecule has 0 saturated heterocycles. The van der Waals surface area contributed by atoms with Crippen LogP contribution in [-0.4, -0.2) is 11.5 Å². The fourth-order valence-corrected chi connectivity index (χ4v) is 2.13. The van der Waals surface area contributed by atoms with E-state index in [2.05, 4.69) is 21.2 Å².